The first-order valence-electron chi connectivity index (χ1n) is 12.1. The molecule has 1 atom stereocenters. The van der Waals surface area contributed by atoms with Crippen LogP contribution in [0.1, 0.15) is 44.3 Å². The number of nitrogens with zero attached hydrogens (tertiary/aromatic N) is 3. The molecule has 0 N–H and O–H groups in total. The zero-order valence-electron chi connectivity index (χ0n) is 19.7. The van der Waals surface area contributed by atoms with Gasteiger partial charge in [0, 0.05) is 44.6 Å². The van der Waals surface area contributed by atoms with Crippen LogP contribution in [-0.4, -0.2) is 60.6 Å². The fourth-order valence-corrected chi connectivity index (χ4v) is 5.18. The number of fused-ring (bicyclic) bond motifs is 2. The Hall–Kier alpha value is -3.28. The first-order valence-corrected chi connectivity index (χ1v) is 12.1. The highest BCUT2D eigenvalue weighted by Crippen LogP contribution is 2.36. The van der Waals surface area contributed by atoms with Gasteiger partial charge in [-0.2, -0.15) is 0 Å². The lowest BCUT2D eigenvalue weighted by atomic mass is 9.94. The zero-order chi connectivity index (χ0) is 23.3. The van der Waals surface area contributed by atoms with E-state index >= 15 is 0 Å². The van der Waals surface area contributed by atoms with Gasteiger partial charge in [-0.05, 0) is 53.3 Å². The maximum Gasteiger partial charge on any atom is 0.337 e. The van der Waals surface area contributed by atoms with Crippen LogP contribution in [0.2, 0.25) is 0 Å². The van der Waals surface area contributed by atoms with Gasteiger partial charge < -0.3 is 4.74 Å². The van der Waals surface area contributed by atoms with Gasteiger partial charge in [-0.15, -0.1) is 0 Å². The molecule has 2 aromatic carbocycles. The largest absolute Gasteiger partial charge is 0.465 e. The molecular formula is C29H31N3O2. The number of hydrogen-bond acceptors (Lipinski definition) is 5. The van der Waals surface area contributed by atoms with E-state index in [-0.39, 0.29) is 12.0 Å². The Kier molecular flexibility index (Phi) is 6.84. The molecule has 34 heavy (non-hydrogen) atoms. The number of carbonyl (C=O) groups is 1. The lowest BCUT2D eigenvalue weighted by Crippen LogP contribution is -2.47. The summed E-state index contributed by atoms with van der Waals surface area (Å²) in [6, 6.07) is 21.1. The Bertz CT molecular complexity index is 1130. The first kappa shape index (κ1) is 22.5. The second kappa shape index (κ2) is 10.3. The van der Waals surface area contributed by atoms with Crippen LogP contribution in [-0.2, 0) is 17.6 Å². The second-order valence-electron chi connectivity index (χ2n) is 9.00. The van der Waals surface area contributed by atoms with Crippen LogP contribution in [0, 0.1) is 0 Å². The molecule has 1 unspecified atom stereocenters. The standard InChI is InChI=1S/C29H31N3O2/c1-34-29(33)24-10-4-7-22(21-24)8-6-16-31-17-19-32(20-18-31)28-25-11-3-2-9-23(25)13-14-27-26(28)12-5-15-30-27/h2-12,15,21,28H,13-14,16-20H2,1H3/b8-6+. The van der Waals surface area contributed by atoms with Crippen molar-refractivity contribution in [1.29, 1.82) is 0 Å². The molecule has 1 aliphatic heterocycles. The van der Waals surface area contributed by atoms with Crippen LogP contribution in [0.25, 0.3) is 6.08 Å². The third-order valence-electron chi connectivity index (χ3n) is 6.95. The van der Waals surface area contributed by atoms with Gasteiger partial charge in [0.1, 0.15) is 0 Å². The zero-order valence-corrected chi connectivity index (χ0v) is 19.7. The lowest BCUT2D eigenvalue weighted by molar-refractivity contribution is 0.0600. The quantitative estimate of drug-likeness (QED) is 0.537. The number of benzene rings is 2. The average molecular weight is 454 g/mol. The molecule has 0 amide bonds. The lowest BCUT2D eigenvalue weighted by Gasteiger charge is -2.40. The SMILES string of the molecule is COC(=O)c1cccc(/C=C/CN2CCN(C3c4ccccc4CCc4ncccc43)CC2)c1. The number of hydrogen-bond donors (Lipinski definition) is 0. The Morgan fingerprint density at radius 1 is 1.00 bits per heavy atom. The number of rotatable bonds is 5. The summed E-state index contributed by atoms with van der Waals surface area (Å²) in [6.45, 7) is 5.01. The third-order valence-corrected chi connectivity index (χ3v) is 6.95. The van der Waals surface area contributed by atoms with E-state index in [9.17, 15) is 4.79 Å². The minimum Gasteiger partial charge on any atom is -0.465 e. The minimum absolute atomic E-state index is 0.279. The van der Waals surface area contributed by atoms with E-state index in [1.54, 1.807) is 6.07 Å². The van der Waals surface area contributed by atoms with Crippen molar-refractivity contribution in [2.24, 2.45) is 0 Å². The molecular weight excluding hydrogens is 422 g/mol. The smallest absolute Gasteiger partial charge is 0.337 e. The van der Waals surface area contributed by atoms with Gasteiger partial charge in [0.05, 0.1) is 18.7 Å². The number of carbonyl (C=O) groups excluding carboxylic acids is 1. The Morgan fingerprint density at radius 3 is 2.68 bits per heavy atom. The Balaban J connectivity index is 1.26. The molecule has 1 aromatic heterocycles. The normalized spacial score (nSPS) is 18.8. The van der Waals surface area contributed by atoms with E-state index < -0.39 is 0 Å². The van der Waals surface area contributed by atoms with Crippen LogP contribution in [0.5, 0.6) is 0 Å². The molecule has 174 valence electrons. The number of esters is 1. The molecule has 1 saturated heterocycles. The van der Waals surface area contributed by atoms with E-state index in [0.29, 0.717) is 5.56 Å². The molecule has 5 nitrogen and oxygen atoms in total. The van der Waals surface area contributed by atoms with E-state index in [0.717, 1.165) is 51.1 Å². The van der Waals surface area contributed by atoms with E-state index in [1.807, 2.05) is 24.4 Å². The molecule has 1 fully saturated rings. The molecule has 0 saturated carbocycles. The number of methoxy groups -OCH3 is 1. The monoisotopic (exact) mass is 453 g/mol. The summed E-state index contributed by atoms with van der Waals surface area (Å²) < 4.78 is 4.82. The van der Waals surface area contributed by atoms with E-state index in [1.165, 1.54) is 29.5 Å². The minimum atomic E-state index is -0.303. The predicted octanol–water partition coefficient (Wildman–Crippen LogP) is 4.39. The molecule has 0 bridgehead atoms. The highest BCUT2D eigenvalue weighted by molar-refractivity contribution is 5.90. The van der Waals surface area contributed by atoms with Crippen molar-refractivity contribution < 1.29 is 9.53 Å². The Morgan fingerprint density at radius 2 is 1.82 bits per heavy atom. The van der Waals surface area contributed by atoms with Crippen molar-refractivity contribution in [3.05, 3.63) is 106 Å². The van der Waals surface area contributed by atoms with E-state index in [2.05, 4.69) is 58.4 Å². The summed E-state index contributed by atoms with van der Waals surface area (Å²) >= 11 is 0. The van der Waals surface area contributed by atoms with Gasteiger partial charge in [0.15, 0.2) is 0 Å². The topological polar surface area (TPSA) is 45.7 Å². The number of piperazine rings is 1. The molecule has 5 rings (SSSR count). The number of pyridine rings is 1. The third kappa shape index (κ3) is 4.81. The van der Waals surface area contributed by atoms with Crippen LogP contribution >= 0.6 is 0 Å². The first-order chi connectivity index (χ1) is 16.7. The molecule has 2 aliphatic rings. The fourth-order valence-electron chi connectivity index (χ4n) is 5.18. The van der Waals surface area contributed by atoms with Crippen LogP contribution in [0.15, 0.2) is 72.9 Å². The van der Waals surface area contributed by atoms with Crippen LogP contribution in [0.4, 0.5) is 0 Å². The van der Waals surface area contributed by atoms with Gasteiger partial charge >= 0.3 is 5.97 Å². The van der Waals surface area contributed by atoms with E-state index in [4.69, 9.17) is 9.72 Å². The number of aromatic nitrogens is 1. The van der Waals surface area contributed by atoms with Crippen molar-refractivity contribution in [2.45, 2.75) is 18.9 Å². The van der Waals surface area contributed by atoms with Crippen molar-refractivity contribution in [3.63, 3.8) is 0 Å². The maximum absolute atomic E-state index is 11.8. The average Bonchev–Trinajstić information content (AvgIpc) is 3.06. The highest BCUT2D eigenvalue weighted by atomic mass is 16.5. The van der Waals surface area contributed by atoms with Gasteiger partial charge in [0.2, 0.25) is 0 Å². The van der Waals surface area contributed by atoms with Crippen LogP contribution < -0.4 is 0 Å². The van der Waals surface area contributed by atoms with Gasteiger partial charge in [-0.1, -0.05) is 54.6 Å². The molecule has 3 aromatic rings. The van der Waals surface area contributed by atoms with Gasteiger partial charge in [-0.25, -0.2) is 4.79 Å². The molecule has 2 heterocycles. The summed E-state index contributed by atoms with van der Waals surface area (Å²) in [4.78, 5) is 21.6. The second-order valence-corrected chi connectivity index (χ2v) is 9.00. The Labute approximate surface area is 201 Å². The van der Waals surface area contributed by atoms with Gasteiger partial charge in [-0.3, -0.25) is 14.8 Å². The van der Waals surface area contributed by atoms with Crippen LogP contribution in [0.3, 0.4) is 0 Å². The molecule has 5 heteroatoms. The molecule has 0 spiro atoms. The van der Waals surface area contributed by atoms with Crippen molar-refractivity contribution in [3.8, 4) is 0 Å². The molecule has 1 aliphatic carbocycles. The van der Waals surface area contributed by atoms with Gasteiger partial charge in [0.25, 0.3) is 0 Å². The van der Waals surface area contributed by atoms with Crippen molar-refractivity contribution >= 4 is 12.0 Å². The molecule has 0 radical (unpaired) electrons. The summed E-state index contributed by atoms with van der Waals surface area (Å²) in [7, 11) is 1.41. The highest BCUT2D eigenvalue weighted by Gasteiger charge is 2.31. The maximum atomic E-state index is 11.8. The van der Waals surface area contributed by atoms with Crippen molar-refractivity contribution in [1.82, 2.24) is 14.8 Å². The summed E-state index contributed by atoms with van der Waals surface area (Å²) in [6.07, 6.45) is 8.26. The summed E-state index contributed by atoms with van der Waals surface area (Å²) in [5.74, 6) is -0.303. The number of aryl methyl sites for hydroxylation is 2. The fraction of sp³-hybridized carbons (Fsp3) is 0.310. The van der Waals surface area contributed by atoms with Crippen molar-refractivity contribution in [2.75, 3.05) is 39.8 Å². The number of ether oxygens (including phenoxy) is 1. The predicted molar refractivity (Wildman–Crippen MR) is 135 cm³/mol. The summed E-state index contributed by atoms with van der Waals surface area (Å²) in [5, 5.41) is 0. The summed E-state index contributed by atoms with van der Waals surface area (Å²) in [5.41, 5.74) is 7.09.